The normalized spacial score (nSPS) is 11.8. The summed E-state index contributed by atoms with van der Waals surface area (Å²) in [4.78, 5) is 23.2. The van der Waals surface area contributed by atoms with E-state index in [4.69, 9.17) is 0 Å². The highest BCUT2D eigenvalue weighted by Crippen LogP contribution is 1.97. The molecule has 0 aromatic carbocycles. The van der Waals surface area contributed by atoms with E-state index in [-0.39, 0.29) is 16.8 Å². The average molecular weight is 239 g/mol. The molecule has 96 valence electrons. The predicted octanol–water partition coefficient (Wildman–Crippen LogP) is 0.325. The van der Waals surface area contributed by atoms with Gasteiger partial charge in [-0.1, -0.05) is 0 Å². The number of nitrogens with one attached hydrogen (secondary N) is 1. The van der Waals surface area contributed by atoms with E-state index in [9.17, 15) is 9.59 Å². The van der Waals surface area contributed by atoms with Crippen LogP contribution in [0.25, 0.3) is 0 Å². The van der Waals surface area contributed by atoms with Crippen LogP contribution in [0.1, 0.15) is 27.2 Å². The summed E-state index contributed by atoms with van der Waals surface area (Å²) in [5.41, 5.74) is -0.427. The molecule has 0 bridgehead atoms. The number of hydrogen-bond acceptors (Lipinski definition) is 3. The third-order valence-electron chi connectivity index (χ3n) is 2.45. The highest BCUT2D eigenvalue weighted by molar-refractivity contribution is 4.85. The maximum atomic E-state index is 11.7. The fraction of sp³-hybridized carbons (Fsp3) is 0.667. The molecule has 0 unspecified atom stereocenters. The zero-order valence-electron chi connectivity index (χ0n) is 11.0. The number of nitrogens with zero attached hydrogens (tertiary/aromatic N) is 2. The second kappa shape index (κ2) is 5.31. The van der Waals surface area contributed by atoms with Crippen LogP contribution < -0.4 is 16.6 Å². The minimum absolute atomic E-state index is 0.0621. The van der Waals surface area contributed by atoms with E-state index in [1.165, 1.54) is 21.4 Å². The summed E-state index contributed by atoms with van der Waals surface area (Å²) in [6.45, 7) is 7.49. The first kappa shape index (κ1) is 13.7. The SMILES string of the molecule is Cn1ccc(=O)n(CCCNC(C)(C)C)c1=O. The van der Waals surface area contributed by atoms with Crippen molar-refractivity contribution in [3.63, 3.8) is 0 Å². The van der Waals surface area contributed by atoms with Gasteiger partial charge in [0.15, 0.2) is 0 Å². The van der Waals surface area contributed by atoms with Crippen molar-refractivity contribution in [3.8, 4) is 0 Å². The van der Waals surface area contributed by atoms with Gasteiger partial charge in [0, 0.05) is 31.4 Å². The Bertz CT molecular complexity index is 480. The van der Waals surface area contributed by atoms with Crippen LogP contribution in [0.2, 0.25) is 0 Å². The molecule has 0 aliphatic carbocycles. The highest BCUT2D eigenvalue weighted by Gasteiger charge is 2.08. The van der Waals surface area contributed by atoms with E-state index in [2.05, 4.69) is 26.1 Å². The first-order valence-electron chi connectivity index (χ1n) is 5.83. The smallest absolute Gasteiger partial charge is 0.312 e. The third kappa shape index (κ3) is 4.19. The van der Waals surface area contributed by atoms with Gasteiger partial charge in [-0.2, -0.15) is 0 Å². The second-order valence-corrected chi connectivity index (χ2v) is 5.23. The van der Waals surface area contributed by atoms with Crippen molar-refractivity contribution in [2.45, 2.75) is 39.3 Å². The van der Waals surface area contributed by atoms with Crippen LogP contribution >= 0.6 is 0 Å². The van der Waals surface area contributed by atoms with E-state index in [0.717, 1.165) is 13.0 Å². The number of aryl methyl sites for hydroxylation is 1. The van der Waals surface area contributed by atoms with Gasteiger partial charge in [0.25, 0.3) is 5.56 Å². The van der Waals surface area contributed by atoms with Crippen molar-refractivity contribution in [1.82, 2.24) is 14.5 Å². The molecule has 0 aliphatic rings. The van der Waals surface area contributed by atoms with Gasteiger partial charge >= 0.3 is 5.69 Å². The molecule has 1 N–H and O–H groups in total. The molecule has 0 saturated heterocycles. The maximum Gasteiger partial charge on any atom is 0.330 e. The van der Waals surface area contributed by atoms with Crippen molar-refractivity contribution < 1.29 is 0 Å². The van der Waals surface area contributed by atoms with Crippen molar-refractivity contribution in [2.24, 2.45) is 7.05 Å². The van der Waals surface area contributed by atoms with Gasteiger partial charge in [-0.15, -0.1) is 0 Å². The van der Waals surface area contributed by atoms with Gasteiger partial charge in [0.1, 0.15) is 0 Å². The Hall–Kier alpha value is -1.36. The Labute approximate surface area is 101 Å². The van der Waals surface area contributed by atoms with Crippen molar-refractivity contribution in [2.75, 3.05) is 6.54 Å². The molecule has 0 spiro atoms. The molecule has 1 heterocycles. The molecule has 1 rings (SSSR count). The molecule has 0 atom stereocenters. The zero-order chi connectivity index (χ0) is 13.1. The number of aromatic nitrogens is 2. The fourth-order valence-electron chi connectivity index (χ4n) is 1.52. The van der Waals surface area contributed by atoms with Crippen LogP contribution in [0.5, 0.6) is 0 Å². The van der Waals surface area contributed by atoms with Crippen LogP contribution in [0.4, 0.5) is 0 Å². The molecule has 1 aromatic heterocycles. The first-order valence-corrected chi connectivity index (χ1v) is 5.83. The summed E-state index contributed by atoms with van der Waals surface area (Å²) in [6.07, 6.45) is 2.25. The van der Waals surface area contributed by atoms with Crippen molar-refractivity contribution in [1.29, 1.82) is 0 Å². The molecule has 0 saturated carbocycles. The Kier molecular flexibility index (Phi) is 4.28. The van der Waals surface area contributed by atoms with E-state index >= 15 is 0 Å². The summed E-state index contributed by atoms with van der Waals surface area (Å²) in [5, 5.41) is 3.32. The lowest BCUT2D eigenvalue weighted by Gasteiger charge is -2.20. The Balaban J connectivity index is 2.62. The summed E-state index contributed by atoms with van der Waals surface area (Å²) >= 11 is 0. The van der Waals surface area contributed by atoms with Gasteiger partial charge < -0.3 is 9.88 Å². The summed E-state index contributed by atoms with van der Waals surface area (Å²) in [6, 6.07) is 1.42. The van der Waals surface area contributed by atoms with Gasteiger partial charge in [-0.25, -0.2) is 4.79 Å². The van der Waals surface area contributed by atoms with Crippen LogP contribution in [-0.4, -0.2) is 21.2 Å². The summed E-state index contributed by atoms with van der Waals surface area (Å²) < 4.78 is 2.68. The molecule has 5 heteroatoms. The second-order valence-electron chi connectivity index (χ2n) is 5.23. The summed E-state index contributed by atoms with van der Waals surface area (Å²) in [7, 11) is 1.64. The molecule has 0 amide bonds. The molecule has 17 heavy (non-hydrogen) atoms. The van der Waals surface area contributed by atoms with Crippen molar-refractivity contribution in [3.05, 3.63) is 33.1 Å². The average Bonchev–Trinajstić information content (AvgIpc) is 2.21. The molecular weight excluding hydrogens is 218 g/mol. The zero-order valence-corrected chi connectivity index (χ0v) is 11.0. The molecular formula is C12H21N3O2. The lowest BCUT2D eigenvalue weighted by Crippen LogP contribution is -2.40. The molecule has 0 fully saturated rings. The topological polar surface area (TPSA) is 56.0 Å². The van der Waals surface area contributed by atoms with Gasteiger partial charge in [-0.05, 0) is 33.7 Å². The predicted molar refractivity (Wildman–Crippen MR) is 68.3 cm³/mol. The lowest BCUT2D eigenvalue weighted by molar-refractivity contribution is 0.409. The molecule has 1 aromatic rings. The molecule has 0 radical (unpaired) electrons. The largest absolute Gasteiger partial charge is 0.330 e. The Morgan fingerprint density at radius 1 is 1.29 bits per heavy atom. The quantitative estimate of drug-likeness (QED) is 0.770. The molecule has 0 aliphatic heterocycles. The molecule has 5 nitrogen and oxygen atoms in total. The minimum Gasteiger partial charge on any atom is -0.312 e. The van der Waals surface area contributed by atoms with Crippen LogP contribution in [0, 0.1) is 0 Å². The number of rotatable bonds is 4. The van der Waals surface area contributed by atoms with E-state index in [1.807, 2.05) is 0 Å². The van der Waals surface area contributed by atoms with Crippen molar-refractivity contribution >= 4 is 0 Å². The van der Waals surface area contributed by atoms with Gasteiger partial charge in [-0.3, -0.25) is 9.36 Å². The van der Waals surface area contributed by atoms with E-state index in [1.54, 1.807) is 7.05 Å². The van der Waals surface area contributed by atoms with Crippen LogP contribution in [0.15, 0.2) is 21.9 Å². The van der Waals surface area contributed by atoms with Gasteiger partial charge in [0.05, 0.1) is 0 Å². The maximum absolute atomic E-state index is 11.7. The fourth-order valence-corrected chi connectivity index (χ4v) is 1.52. The van der Waals surface area contributed by atoms with Crippen LogP contribution in [-0.2, 0) is 13.6 Å². The monoisotopic (exact) mass is 239 g/mol. The Morgan fingerprint density at radius 3 is 2.53 bits per heavy atom. The Morgan fingerprint density at radius 2 is 1.94 bits per heavy atom. The van der Waals surface area contributed by atoms with E-state index < -0.39 is 0 Å². The number of hydrogen-bond donors (Lipinski definition) is 1. The standard InChI is InChI=1S/C12H21N3O2/c1-12(2,3)13-7-5-8-15-10(16)6-9-14(4)11(15)17/h6,9,13H,5,7-8H2,1-4H3. The third-order valence-corrected chi connectivity index (χ3v) is 2.45. The minimum atomic E-state index is -0.256. The summed E-state index contributed by atoms with van der Waals surface area (Å²) in [5.74, 6) is 0. The van der Waals surface area contributed by atoms with Crippen LogP contribution in [0.3, 0.4) is 0 Å². The highest BCUT2D eigenvalue weighted by atomic mass is 16.2. The first-order chi connectivity index (χ1) is 7.81. The van der Waals surface area contributed by atoms with E-state index in [0.29, 0.717) is 6.54 Å². The van der Waals surface area contributed by atoms with Gasteiger partial charge in [0.2, 0.25) is 0 Å². The lowest BCUT2D eigenvalue weighted by atomic mass is 10.1.